The minimum Gasteiger partial charge on any atom is -0.462 e. The van der Waals surface area contributed by atoms with Crippen molar-refractivity contribution in [3.8, 4) is 0 Å². The molecule has 94 valence electrons. The van der Waals surface area contributed by atoms with Gasteiger partial charge in [0.1, 0.15) is 13.2 Å². The van der Waals surface area contributed by atoms with E-state index in [-0.39, 0.29) is 26.4 Å². The highest BCUT2D eigenvalue weighted by atomic mass is 16.6. The number of imide groups is 1. The summed E-state index contributed by atoms with van der Waals surface area (Å²) in [6.07, 6.45) is 2.19. The van der Waals surface area contributed by atoms with Gasteiger partial charge in [0.15, 0.2) is 0 Å². The second kappa shape index (κ2) is 6.77. The number of esters is 1. The molecule has 1 aliphatic rings. The molecule has 0 spiro atoms. The van der Waals surface area contributed by atoms with E-state index in [0.717, 1.165) is 17.1 Å². The largest absolute Gasteiger partial charge is 0.462 e. The molecule has 1 heterocycles. The third kappa shape index (κ3) is 4.33. The predicted octanol–water partition coefficient (Wildman–Crippen LogP) is -1.54. The minimum atomic E-state index is -0.678. The van der Waals surface area contributed by atoms with Crippen LogP contribution in [0.4, 0.5) is 0 Å². The van der Waals surface area contributed by atoms with E-state index in [4.69, 9.17) is 14.6 Å². The molecule has 7 nitrogen and oxygen atoms in total. The summed E-state index contributed by atoms with van der Waals surface area (Å²) in [5.74, 6) is -1.73. The van der Waals surface area contributed by atoms with E-state index in [9.17, 15) is 14.4 Å². The van der Waals surface area contributed by atoms with Gasteiger partial charge < -0.3 is 14.6 Å². The van der Waals surface area contributed by atoms with Crippen LogP contribution in [0.15, 0.2) is 12.2 Å². The number of hydrogen-bond acceptors (Lipinski definition) is 6. The van der Waals surface area contributed by atoms with Crippen LogP contribution in [0.3, 0.4) is 0 Å². The first-order valence-electron chi connectivity index (χ1n) is 5.03. The molecule has 0 unspecified atom stereocenters. The Morgan fingerprint density at radius 1 is 1.18 bits per heavy atom. The number of amides is 2. The van der Waals surface area contributed by atoms with Crippen molar-refractivity contribution in [1.82, 2.24) is 4.90 Å². The van der Waals surface area contributed by atoms with E-state index in [1.807, 2.05) is 0 Å². The molecule has 0 fully saturated rings. The molecule has 0 aromatic heterocycles. The van der Waals surface area contributed by atoms with Crippen LogP contribution in [-0.4, -0.2) is 60.8 Å². The molecule has 0 radical (unpaired) electrons. The standard InChI is InChI=1S/C10H13NO6/c12-3-4-16-5-6-17-10(15)7-11-8(13)1-2-9(11)14/h1-2,12H,3-7H2. The summed E-state index contributed by atoms with van der Waals surface area (Å²) in [5.41, 5.74) is 0. The van der Waals surface area contributed by atoms with Crippen molar-refractivity contribution in [3.63, 3.8) is 0 Å². The molecule has 0 bridgehead atoms. The van der Waals surface area contributed by atoms with Crippen LogP contribution >= 0.6 is 0 Å². The van der Waals surface area contributed by atoms with Gasteiger partial charge in [-0.3, -0.25) is 19.3 Å². The summed E-state index contributed by atoms with van der Waals surface area (Å²) in [6.45, 7) is -0.152. The topological polar surface area (TPSA) is 93.1 Å². The maximum atomic E-state index is 11.2. The van der Waals surface area contributed by atoms with Crippen molar-refractivity contribution in [2.75, 3.05) is 33.0 Å². The zero-order valence-corrected chi connectivity index (χ0v) is 9.13. The highest BCUT2D eigenvalue weighted by molar-refractivity contribution is 6.14. The molecule has 1 N–H and O–H groups in total. The first-order valence-corrected chi connectivity index (χ1v) is 5.03. The van der Waals surface area contributed by atoms with Crippen LogP contribution in [0.1, 0.15) is 0 Å². The third-order valence-corrected chi connectivity index (χ3v) is 1.91. The molecule has 7 heteroatoms. The Morgan fingerprint density at radius 3 is 2.41 bits per heavy atom. The zero-order chi connectivity index (χ0) is 12.7. The van der Waals surface area contributed by atoms with Gasteiger partial charge >= 0.3 is 5.97 Å². The molecular weight excluding hydrogens is 230 g/mol. The Labute approximate surface area is 97.6 Å². The van der Waals surface area contributed by atoms with Crippen molar-refractivity contribution < 1.29 is 29.0 Å². The van der Waals surface area contributed by atoms with Gasteiger partial charge in [-0.1, -0.05) is 0 Å². The van der Waals surface area contributed by atoms with E-state index in [2.05, 4.69) is 0 Å². The van der Waals surface area contributed by atoms with Crippen LogP contribution in [0, 0.1) is 0 Å². The van der Waals surface area contributed by atoms with Crippen molar-refractivity contribution in [1.29, 1.82) is 0 Å². The first kappa shape index (κ1) is 13.3. The summed E-state index contributed by atoms with van der Waals surface area (Å²) in [6, 6.07) is 0. The lowest BCUT2D eigenvalue weighted by atomic mass is 10.5. The quantitative estimate of drug-likeness (QED) is 0.331. The number of aliphatic hydroxyl groups excluding tert-OH is 1. The van der Waals surface area contributed by atoms with Crippen molar-refractivity contribution in [2.24, 2.45) is 0 Å². The van der Waals surface area contributed by atoms with Gasteiger partial charge in [-0.05, 0) is 0 Å². The lowest BCUT2D eigenvalue weighted by molar-refractivity contribution is -0.152. The summed E-state index contributed by atoms with van der Waals surface area (Å²) >= 11 is 0. The fourth-order valence-electron chi connectivity index (χ4n) is 1.14. The maximum absolute atomic E-state index is 11.2. The Morgan fingerprint density at radius 2 is 1.82 bits per heavy atom. The number of carbonyl (C=O) groups excluding carboxylic acids is 3. The molecule has 0 aliphatic carbocycles. The van der Waals surface area contributed by atoms with Crippen LogP contribution < -0.4 is 0 Å². The van der Waals surface area contributed by atoms with Gasteiger partial charge in [0.05, 0.1) is 19.8 Å². The zero-order valence-electron chi connectivity index (χ0n) is 9.13. The Hall–Kier alpha value is -1.73. The van der Waals surface area contributed by atoms with Gasteiger partial charge in [-0.15, -0.1) is 0 Å². The van der Waals surface area contributed by atoms with Crippen molar-refractivity contribution in [3.05, 3.63) is 12.2 Å². The predicted molar refractivity (Wildman–Crippen MR) is 54.7 cm³/mol. The average molecular weight is 243 g/mol. The van der Waals surface area contributed by atoms with E-state index in [0.29, 0.717) is 0 Å². The monoisotopic (exact) mass is 243 g/mol. The Balaban J connectivity index is 2.17. The van der Waals surface area contributed by atoms with E-state index in [1.165, 1.54) is 0 Å². The molecule has 0 aromatic carbocycles. The van der Waals surface area contributed by atoms with Crippen LogP contribution in [0.2, 0.25) is 0 Å². The molecule has 0 saturated carbocycles. The lowest BCUT2D eigenvalue weighted by Gasteiger charge is -2.12. The SMILES string of the molecule is O=C(CN1C(=O)C=CC1=O)OCCOCCO. The molecule has 0 atom stereocenters. The normalized spacial score (nSPS) is 14.5. The highest BCUT2D eigenvalue weighted by Crippen LogP contribution is 2.02. The molecule has 17 heavy (non-hydrogen) atoms. The fraction of sp³-hybridized carbons (Fsp3) is 0.500. The molecule has 1 rings (SSSR count). The highest BCUT2D eigenvalue weighted by Gasteiger charge is 2.25. The fourth-order valence-corrected chi connectivity index (χ4v) is 1.14. The Kier molecular flexibility index (Phi) is 5.31. The number of rotatable bonds is 7. The first-order chi connectivity index (χ1) is 8.15. The number of hydrogen-bond donors (Lipinski definition) is 1. The van der Waals surface area contributed by atoms with Gasteiger partial charge in [0, 0.05) is 12.2 Å². The van der Waals surface area contributed by atoms with E-state index in [1.54, 1.807) is 0 Å². The summed E-state index contributed by atoms with van der Waals surface area (Å²) in [4.78, 5) is 34.2. The van der Waals surface area contributed by atoms with E-state index < -0.39 is 24.3 Å². The van der Waals surface area contributed by atoms with E-state index >= 15 is 0 Å². The lowest BCUT2D eigenvalue weighted by Crippen LogP contribution is -2.36. The Bertz CT molecular complexity index is 320. The van der Waals surface area contributed by atoms with Crippen molar-refractivity contribution >= 4 is 17.8 Å². The van der Waals surface area contributed by atoms with Gasteiger partial charge in [0.2, 0.25) is 0 Å². The van der Waals surface area contributed by atoms with Gasteiger partial charge in [-0.2, -0.15) is 0 Å². The van der Waals surface area contributed by atoms with Crippen LogP contribution in [0.5, 0.6) is 0 Å². The smallest absolute Gasteiger partial charge is 0.326 e. The second-order valence-electron chi connectivity index (χ2n) is 3.15. The molecule has 0 aromatic rings. The average Bonchev–Trinajstić information content (AvgIpc) is 2.60. The van der Waals surface area contributed by atoms with Gasteiger partial charge in [-0.25, -0.2) is 0 Å². The summed E-state index contributed by atoms with van der Waals surface area (Å²) < 4.78 is 9.59. The minimum absolute atomic E-state index is 0.0164. The molecule has 1 aliphatic heterocycles. The molecule has 0 saturated heterocycles. The number of nitrogens with zero attached hydrogens (tertiary/aromatic N) is 1. The van der Waals surface area contributed by atoms with Crippen molar-refractivity contribution in [2.45, 2.75) is 0 Å². The second-order valence-corrected chi connectivity index (χ2v) is 3.15. The maximum Gasteiger partial charge on any atom is 0.326 e. The number of carbonyl (C=O) groups is 3. The summed E-state index contributed by atoms with van der Waals surface area (Å²) in [7, 11) is 0. The third-order valence-electron chi connectivity index (χ3n) is 1.91. The van der Waals surface area contributed by atoms with Crippen LogP contribution in [-0.2, 0) is 23.9 Å². The number of ether oxygens (including phenoxy) is 2. The number of aliphatic hydroxyl groups is 1. The van der Waals surface area contributed by atoms with Gasteiger partial charge in [0.25, 0.3) is 11.8 Å². The molecular formula is C10H13NO6. The summed E-state index contributed by atoms with van der Waals surface area (Å²) in [5, 5.41) is 8.40. The molecule has 2 amide bonds. The van der Waals surface area contributed by atoms with Crippen LogP contribution in [0.25, 0.3) is 0 Å².